The molecule has 0 fully saturated rings. The van der Waals surface area contributed by atoms with E-state index in [-0.39, 0.29) is 6.61 Å². The fraction of sp³-hybridized carbons (Fsp3) is 0.385. The van der Waals surface area contributed by atoms with Gasteiger partial charge in [0, 0.05) is 13.2 Å². The Morgan fingerprint density at radius 3 is 3.00 bits per heavy atom. The summed E-state index contributed by atoms with van der Waals surface area (Å²) in [4.78, 5) is 0. The molecule has 2 aromatic rings. The molecular weight excluding hydrogens is 264 g/mol. The number of aliphatic hydroxyl groups excluding tert-OH is 1. The van der Waals surface area contributed by atoms with E-state index >= 15 is 0 Å². The van der Waals surface area contributed by atoms with Gasteiger partial charge in [-0.3, -0.25) is 4.68 Å². The summed E-state index contributed by atoms with van der Waals surface area (Å²) in [5.41, 5.74) is 2.86. The van der Waals surface area contributed by atoms with Crippen LogP contribution in [0.25, 0.3) is 0 Å². The van der Waals surface area contributed by atoms with Crippen LogP contribution in [0.4, 0.5) is 5.69 Å². The Labute approximate surface area is 117 Å². The van der Waals surface area contributed by atoms with Crippen molar-refractivity contribution in [2.24, 2.45) is 0 Å². The van der Waals surface area contributed by atoms with Gasteiger partial charge >= 0.3 is 0 Å². The van der Waals surface area contributed by atoms with Gasteiger partial charge in [0.25, 0.3) is 0 Å². The molecule has 0 spiro atoms. The Morgan fingerprint density at radius 2 is 2.26 bits per heavy atom. The van der Waals surface area contributed by atoms with Gasteiger partial charge in [-0.05, 0) is 31.0 Å². The van der Waals surface area contributed by atoms with E-state index in [2.05, 4.69) is 15.6 Å². The Kier molecular flexibility index (Phi) is 4.76. The Balaban J connectivity index is 1.92. The highest BCUT2D eigenvalue weighted by Crippen LogP contribution is 2.22. The topological polar surface area (TPSA) is 63.0 Å². The highest BCUT2D eigenvalue weighted by atomic mass is 35.5. The normalized spacial score (nSPS) is 10.7. The third kappa shape index (κ3) is 3.94. The Hall–Kier alpha value is -1.59. The number of hydrogen-bond donors (Lipinski definition) is 2. The van der Waals surface area contributed by atoms with Crippen LogP contribution in [0, 0.1) is 6.92 Å². The molecule has 5 nitrogen and oxygen atoms in total. The predicted octanol–water partition coefficient (Wildman–Crippen LogP) is 2.23. The minimum absolute atomic E-state index is 0.159. The average molecular weight is 281 g/mol. The summed E-state index contributed by atoms with van der Waals surface area (Å²) in [6.45, 7) is 3.41. The first kappa shape index (κ1) is 13.8. The lowest BCUT2D eigenvalue weighted by molar-refractivity contribution is 0.276. The molecule has 0 aliphatic carbocycles. The Bertz CT molecular complexity index is 541. The first-order valence-corrected chi connectivity index (χ1v) is 6.57. The van der Waals surface area contributed by atoms with Gasteiger partial charge in [-0.2, -0.15) is 0 Å². The zero-order valence-corrected chi connectivity index (χ0v) is 11.6. The summed E-state index contributed by atoms with van der Waals surface area (Å²) in [6, 6.07) is 5.88. The number of halogens is 1. The zero-order valence-electron chi connectivity index (χ0n) is 10.8. The van der Waals surface area contributed by atoms with Crippen molar-refractivity contribution in [2.45, 2.75) is 26.4 Å². The molecule has 19 heavy (non-hydrogen) atoms. The van der Waals surface area contributed by atoms with E-state index in [0.717, 1.165) is 16.9 Å². The van der Waals surface area contributed by atoms with Gasteiger partial charge < -0.3 is 10.4 Å². The van der Waals surface area contributed by atoms with Gasteiger partial charge in [0.15, 0.2) is 0 Å². The maximum atomic E-state index is 8.75. The molecule has 0 saturated carbocycles. The molecule has 1 aromatic heterocycles. The third-order valence-corrected chi connectivity index (χ3v) is 3.03. The molecule has 0 amide bonds. The number of anilines is 1. The number of aromatic nitrogens is 3. The number of hydrogen-bond acceptors (Lipinski definition) is 4. The molecule has 0 aliphatic rings. The SMILES string of the molecule is Cc1ccc(NCc2cn(CCCO)nn2)c(Cl)c1. The average Bonchev–Trinajstić information content (AvgIpc) is 2.83. The van der Waals surface area contributed by atoms with Gasteiger partial charge in [-0.15, -0.1) is 5.10 Å². The molecule has 1 heterocycles. The molecule has 0 aliphatic heterocycles. The summed E-state index contributed by atoms with van der Waals surface area (Å²) in [6.07, 6.45) is 2.55. The maximum absolute atomic E-state index is 8.75. The van der Waals surface area contributed by atoms with Crippen LogP contribution >= 0.6 is 11.6 Å². The fourth-order valence-corrected chi connectivity index (χ4v) is 2.01. The summed E-state index contributed by atoms with van der Waals surface area (Å²) in [5.74, 6) is 0. The van der Waals surface area contributed by atoms with Crippen molar-refractivity contribution in [2.75, 3.05) is 11.9 Å². The lowest BCUT2D eigenvalue weighted by atomic mass is 10.2. The van der Waals surface area contributed by atoms with Gasteiger partial charge in [0.2, 0.25) is 0 Å². The largest absolute Gasteiger partial charge is 0.396 e. The van der Waals surface area contributed by atoms with Crippen molar-refractivity contribution in [3.8, 4) is 0 Å². The van der Waals surface area contributed by atoms with Crippen molar-refractivity contribution in [3.05, 3.63) is 40.7 Å². The summed E-state index contributed by atoms with van der Waals surface area (Å²) in [5, 5.41) is 20.7. The van der Waals surface area contributed by atoms with Gasteiger partial charge in [0.05, 0.1) is 23.5 Å². The van der Waals surface area contributed by atoms with E-state index < -0.39 is 0 Å². The van der Waals surface area contributed by atoms with Gasteiger partial charge in [-0.25, -0.2) is 0 Å². The minimum Gasteiger partial charge on any atom is -0.396 e. The van der Waals surface area contributed by atoms with E-state index in [1.807, 2.05) is 31.3 Å². The quantitative estimate of drug-likeness (QED) is 0.852. The summed E-state index contributed by atoms with van der Waals surface area (Å²) < 4.78 is 1.73. The molecule has 0 bridgehead atoms. The van der Waals surface area contributed by atoms with Crippen molar-refractivity contribution in [1.29, 1.82) is 0 Å². The molecule has 0 unspecified atom stereocenters. The molecule has 0 saturated heterocycles. The van der Waals surface area contributed by atoms with Crippen LogP contribution in [0.2, 0.25) is 5.02 Å². The monoisotopic (exact) mass is 280 g/mol. The summed E-state index contributed by atoms with van der Waals surface area (Å²) >= 11 is 6.14. The van der Waals surface area contributed by atoms with E-state index in [4.69, 9.17) is 16.7 Å². The summed E-state index contributed by atoms with van der Waals surface area (Å²) in [7, 11) is 0. The number of rotatable bonds is 6. The second-order valence-electron chi connectivity index (χ2n) is 4.39. The van der Waals surface area contributed by atoms with Crippen LogP contribution in [0.5, 0.6) is 0 Å². The number of aliphatic hydroxyl groups is 1. The van der Waals surface area contributed by atoms with E-state index in [1.165, 1.54) is 0 Å². The van der Waals surface area contributed by atoms with Crippen LogP contribution in [-0.4, -0.2) is 26.7 Å². The van der Waals surface area contributed by atoms with Crippen molar-refractivity contribution < 1.29 is 5.11 Å². The Morgan fingerprint density at radius 1 is 1.42 bits per heavy atom. The number of nitrogens with zero attached hydrogens (tertiary/aromatic N) is 3. The smallest absolute Gasteiger partial charge is 0.102 e. The van der Waals surface area contributed by atoms with Crippen LogP contribution in [0.1, 0.15) is 17.7 Å². The highest BCUT2D eigenvalue weighted by molar-refractivity contribution is 6.33. The molecule has 2 N–H and O–H groups in total. The number of nitrogens with one attached hydrogen (secondary N) is 1. The molecule has 0 atom stereocenters. The van der Waals surface area contributed by atoms with Crippen LogP contribution in [0.3, 0.4) is 0 Å². The molecule has 102 valence electrons. The molecular formula is C13H17ClN4O. The molecule has 0 radical (unpaired) electrons. The standard InChI is InChI=1S/C13H17ClN4O/c1-10-3-4-13(12(14)7-10)15-8-11-9-18(17-16-11)5-2-6-19/h3-4,7,9,15,19H,2,5-6,8H2,1H3. The first-order valence-electron chi connectivity index (χ1n) is 6.19. The lowest BCUT2D eigenvalue weighted by Gasteiger charge is -2.07. The van der Waals surface area contributed by atoms with Crippen molar-refractivity contribution >= 4 is 17.3 Å². The van der Waals surface area contributed by atoms with Crippen LogP contribution in [0.15, 0.2) is 24.4 Å². The first-order chi connectivity index (χ1) is 9.19. The van der Waals surface area contributed by atoms with E-state index in [0.29, 0.717) is 24.5 Å². The second kappa shape index (κ2) is 6.54. The minimum atomic E-state index is 0.159. The molecule has 2 rings (SSSR count). The van der Waals surface area contributed by atoms with E-state index in [9.17, 15) is 0 Å². The second-order valence-corrected chi connectivity index (χ2v) is 4.79. The lowest BCUT2D eigenvalue weighted by Crippen LogP contribution is -2.01. The molecule has 6 heteroatoms. The fourth-order valence-electron chi connectivity index (χ4n) is 1.71. The zero-order chi connectivity index (χ0) is 13.7. The number of benzene rings is 1. The van der Waals surface area contributed by atoms with Crippen LogP contribution < -0.4 is 5.32 Å². The highest BCUT2D eigenvalue weighted by Gasteiger charge is 2.03. The predicted molar refractivity (Wildman–Crippen MR) is 75.2 cm³/mol. The van der Waals surface area contributed by atoms with E-state index in [1.54, 1.807) is 4.68 Å². The number of aryl methyl sites for hydroxylation is 2. The van der Waals surface area contributed by atoms with Gasteiger partial charge in [0.1, 0.15) is 5.69 Å². The molecule has 1 aromatic carbocycles. The van der Waals surface area contributed by atoms with Crippen molar-refractivity contribution in [1.82, 2.24) is 15.0 Å². The van der Waals surface area contributed by atoms with Gasteiger partial charge in [-0.1, -0.05) is 22.9 Å². The maximum Gasteiger partial charge on any atom is 0.102 e. The third-order valence-electron chi connectivity index (χ3n) is 2.72. The van der Waals surface area contributed by atoms with Crippen molar-refractivity contribution in [3.63, 3.8) is 0 Å². The van der Waals surface area contributed by atoms with Crippen LogP contribution in [-0.2, 0) is 13.1 Å².